The fourth-order valence-electron chi connectivity index (χ4n) is 2.23. The lowest BCUT2D eigenvalue weighted by Gasteiger charge is -2.06. The molecule has 0 saturated carbocycles. The van der Waals surface area contributed by atoms with Gasteiger partial charge in [0.25, 0.3) is 5.91 Å². The molecule has 0 aliphatic rings. The number of carbonyl (C=O) groups is 1. The van der Waals surface area contributed by atoms with Gasteiger partial charge in [-0.25, -0.2) is 0 Å². The van der Waals surface area contributed by atoms with Crippen LogP contribution in [0, 0.1) is 6.92 Å². The largest absolute Gasteiger partial charge is 0.306 e. The van der Waals surface area contributed by atoms with Gasteiger partial charge in [-0.05, 0) is 23.9 Å². The molecule has 2 heterocycles. The van der Waals surface area contributed by atoms with Crippen LogP contribution in [0.3, 0.4) is 0 Å². The summed E-state index contributed by atoms with van der Waals surface area (Å²) >= 11 is 1.44. The molecule has 1 N–H and O–H groups in total. The number of hydrogen-bond acceptors (Lipinski definition) is 3. The van der Waals surface area contributed by atoms with Crippen molar-refractivity contribution in [3.05, 3.63) is 58.4 Å². The monoisotopic (exact) mass is 297 g/mol. The molecule has 21 heavy (non-hydrogen) atoms. The van der Waals surface area contributed by atoms with Crippen molar-refractivity contribution in [2.45, 2.75) is 6.92 Å². The van der Waals surface area contributed by atoms with Gasteiger partial charge in [-0.15, -0.1) is 11.3 Å². The van der Waals surface area contributed by atoms with Crippen LogP contribution in [0.15, 0.2) is 47.8 Å². The molecule has 3 aromatic rings. The average molecular weight is 297 g/mol. The van der Waals surface area contributed by atoms with Gasteiger partial charge in [0, 0.05) is 18.7 Å². The molecule has 1 aromatic carbocycles. The van der Waals surface area contributed by atoms with E-state index >= 15 is 0 Å². The average Bonchev–Trinajstić information content (AvgIpc) is 3.07. The second-order valence-electron chi connectivity index (χ2n) is 4.78. The van der Waals surface area contributed by atoms with Crippen LogP contribution in [0.25, 0.3) is 11.1 Å². The summed E-state index contributed by atoms with van der Waals surface area (Å²) in [7, 11) is 1.81. The normalized spacial score (nSPS) is 10.6. The van der Waals surface area contributed by atoms with Crippen LogP contribution in [0.5, 0.6) is 0 Å². The van der Waals surface area contributed by atoms with Gasteiger partial charge < -0.3 is 5.32 Å². The third-order valence-electron chi connectivity index (χ3n) is 3.20. The third-order valence-corrected chi connectivity index (χ3v) is 4.11. The van der Waals surface area contributed by atoms with E-state index in [4.69, 9.17) is 0 Å². The highest BCUT2D eigenvalue weighted by Gasteiger charge is 2.16. The van der Waals surface area contributed by atoms with E-state index in [0.29, 0.717) is 10.7 Å². The standard InChI is InChI=1S/C16H15N3OS/c1-11-10-14(19(2)18-11)17-16(20)15-13(8-9-21-15)12-6-4-3-5-7-12/h3-10H,1-2H3,(H,17,20). The summed E-state index contributed by atoms with van der Waals surface area (Å²) in [5.41, 5.74) is 2.88. The molecule has 0 radical (unpaired) electrons. The fourth-order valence-corrected chi connectivity index (χ4v) is 3.04. The Balaban J connectivity index is 1.90. The first-order valence-electron chi connectivity index (χ1n) is 6.60. The highest BCUT2D eigenvalue weighted by molar-refractivity contribution is 7.12. The van der Waals surface area contributed by atoms with Gasteiger partial charge in [-0.1, -0.05) is 30.3 Å². The van der Waals surface area contributed by atoms with Gasteiger partial charge in [0.1, 0.15) is 10.7 Å². The third kappa shape index (κ3) is 2.73. The Morgan fingerprint density at radius 3 is 2.67 bits per heavy atom. The molecule has 1 amide bonds. The fraction of sp³-hybridized carbons (Fsp3) is 0.125. The minimum Gasteiger partial charge on any atom is -0.306 e. The number of nitrogens with one attached hydrogen (secondary N) is 1. The van der Waals surface area contributed by atoms with Crippen LogP contribution in [-0.4, -0.2) is 15.7 Å². The van der Waals surface area contributed by atoms with E-state index < -0.39 is 0 Å². The Kier molecular flexibility index (Phi) is 3.58. The predicted octanol–water partition coefficient (Wildman–Crippen LogP) is 3.71. The topological polar surface area (TPSA) is 46.9 Å². The van der Waals surface area contributed by atoms with Crippen molar-refractivity contribution in [3.63, 3.8) is 0 Å². The SMILES string of the molecule is Cc1cc(NC(=O)c2sccc2-c2ccccc2)n(C)n1. The van der Waals surface area contributed by atoms with E-state index in [2.05, 4.69) is 10.4 Å². The first-order chi connectivity index (χ1) is 10.1. The molecule has 0 saturated heterocycles. The summed E-state index contributed by atoms with van der Waals surface area (Å²) in [6.45, 7) is 1.90. The summed E-state index contributed by atoms with van der Waals surface area (Å²) in [5, 5.41) is 9.08. The molecule has 106 valence electrons. The maximum Gasteiger partial charge on any atom is 0.267 e. The zero-order chi connectivity index (χ0) is 14.8. The number of aryl methyl sites for hydroxylation is 2. The number of rotatable bonds is 3. The molecule has 0 aliphatic heterocycles. The molecular weight excluding hydrogens is 282 g/mol. The van der Waals surface area contributed by atoms with Crippen LogP contribution < -0.4 is 5.32 Å². The van der Waals surface area contributed by atoms with E-state index in [9.17, 15) is 4.79 Å². The number of thiophene rings is 1. The van der Waals surface area contributed by atoms with Crippen molar-refractivity contribution < 1.29 is 4.79 Å². The lowest BCUT2D eigenvalue weighted by Crippen LogP contribution is -2.14. The number of amides is 1. The summed E-state index contributed by atoms with van der Waals surface area (Å²) in [6.07, 6.45) is 0. The number of carbonyl (C=O) groups excluding carboxylic acids is 1. The molecule has 4 nitrogen and oxygen atoms in total. The number of aromatic nitrogens is 2. The van der Waals surface area contributed by atoms with E-state index in [1.54, 1.807) is 4.68 Å². The van der Waals surface area contributed by atoms with E-state index in [0.717, 1.165) is 16.8 Å². The van der Waals surface area contributed by atoms with E-state index in [1.807, 2.05) is 61.8 Å². The van der Waals surface area contributed by atoms with Crippen LogP contribution >= 0.6 is 11.3 Å². The Hall–Kier alpha value is -2.40. The smallest absolute Gasteiger partial charge is 0.267 e. The highest BCUT2D eigenvalue weighted by atomic mass is 32.1. The van der Waals surface area contributed by atoms with Crippen molar-refractivity contribution in [2.75, 3.05) is 5.32 Å². The predicted molar refractivity (Wildman–Crippen MR) is 85.7 cm³/mol. The van der Waals surface area contributed by atoms with Gasteiger partial charge in [-0.3, -0.25) is 9.48 Å². The van der Waals surface area contributed by atoms with Crippen molar-refractivity contribution in [3.8, 4) is 11.1 Å². The molecular formula is C16H15N3OS. The van der Waals surface area contributed by atoms with Gasteiger partial charge in [0.2, 0.25) is 0 Å². The molecule has 0 fully saturated rings. The first kappa shape index (κ1) is 13.6. The van der Waals surface area contributed by atoms with Crippen molar-refractivity contribution in [2.24, 2.45) is 7.05 Å². The molecule has 5 heteroatoms. The molecule has 0 spiro atoms. The zero-order valence-electron chi connectivity index (χ0n) is 11.8. The van der Waals surface area contributed by atoms with Crippen molar-refractivity contribution in [1.82, 2.24) is 9.78 Å². The maximum absolute atomic E-state index is 12.5. The van der Waals surface area contributed by atoms with Crippen LogP contribution in [0.2, 0.25) is 0 Å². The van der Waals surface area contributed by atoms with Crippen LogP contribution in [0.1, 0.15) is 15.4 Å². The van der Waals surface area contributed by atoms with Gasteiger partial charge in [0.15, 0.2) is 0 Å². The molecule has 0 bridgehead atoms. The zero-order valence-corrected chi connectivity index (χ0v) is 12.6. The minimum absolute atomic E-state index is 0.105. The second-order valence-corrected chi connectivity index (χ2v) is 5.69. The van der Waals surface area contributed by atoms with Crippen molar-refractivity contribution >= 4 is 23.1 Å². The quantitative estimate of drug-likeness (QED) is 0.801. The number of benzene rings is 1. The minimum atomic E-state index is -0.105. The van der Waals surface area contributed by atoms with E-state index in [1.165, 1.54) is 11.3 Å². The molecule has 2 aromatic heterocycles. The first-order valence-corrected chi connectivity index (χ1v) is 7.48. The Morgan fingerprint density at radius 2 is 2.00 bits per heavy atom. The van der Waals surface area contributed by atoms with Crippen LogP contribution in [0.4, 0.5) is 5.82 Å². The summed E-state index contributed by atoms with van der Waals surface area (Å²) in [4.78, 5) is 13.2. The highest BCUT2D eigenvalue weighted by Crippen LogP contribution is 2.28. The van der Waals surface area contributed by atoms with Crippen molar-refractivity contribution in [1.29, 1.82) is 0 Å². The number of nitrogens with zero attached hydrogens (tertiary/aromatic N) is 2. The Morgan fingerprint density at radius 1 is 1.24 bits per heavy atom. The molecule has 0 aliphatic carbocycles. The van der Waals surface area contributed by atoms with Gasteiger partial charge in [-0.2, -0.15) is 5.10 Å². The Labute approximate surface area is 127 Å². The summed E-state index contributed by atoms with van der Waals surface area (Å²) in [5.74, 6) is 0.594. The maximum atomic E-state index is 12.5. The van der Waals surface area contributed by atoms with Gasteiger partial charge in [0.05, 0.1) is 5.69 Å². The second kappa shape index (κ2) is 5.54. The molecule has 0 atom stereocenters. The number of anilines is 1. The lowest BCUT2D eigenvalue weighted by atomic mass is 10.1. The van der Waals surface area contributed by atoms with Gasteiger partial charge >= 0.3 is 0 Å². The Bertz CT molecular complexity index is 774. The van der Waals surface area contributed by atoms with Crippen LogP contribution in [-0.2, 0) is 7.05 Å². The summed E-state index contributed by atoms with van der Waals surface area (Å²) in [6, 6.07) is 13.8. The number of hydrogen-bond donors (Lipinski definition) is 1. The lowest BCUT2D eigenvalue weighted by molar-refractivity contribution is 0.103. The summed E-state index contributed by atoms with van der Waals surface area (Å²) < 4.78 is 1.67. The molecule has 0 unspecified atom stereocenters. The van der Waals surface area contributed by atoms with E-state index in [-0.39, 0.29) is 5.91 Å². The molecule has 3 rings (SSSR count).